The molecule has 7 N–H and O–H groups in total. The van der Waals surface area contributed by atoms with Crippen LogP contribution in [0.15, 0.2) is 30.3 Å². The van der Waals surface area contributed by atoms with E-state index in [0.717, 1.165) is 5.56 Å². The van der Waals surface area contributed by atoms with Crippen molar-refractivity contribution in [2.75, 3.05) is 6.54 Å². The molecule has 0 unspecified atom stereocenters. The van der Waals surface area contributed by atoms with E-state index in [-0.39, 0.29) is 24.2 Å². The van der Waals surface area contributed by atoms with E-state index in [2.05, 4.69) is 26.6 Å². The Morgan fingerprint density at radius 1 is 0.605 bits per heavy atom. The van der Waals surface area contributed by atoms with Gasteiger partial charge in [0.2, 0.25) is 29.5 Å². The largest absolute Gasteiger partial charge is 0.343 e. The topological polar surface area (TPSA) is 172 Å². The first kappa shape index (κ1) is 35.7. The van der Waals surface area contributed by atoms with E-state index < -0.39 is 59.7 Å². The molecule has 43 heavy (non-hydrogen) atoms. The lowest BCUT2D eigenvalue weighted by Gasteiger charge is -2.28. The minimum atomic E-state index is -1.01. The van der Waals surface area contributed by atoms with Crippen LogP contribution in [-0.4, -0.2) is 66.3 Å². The lowest BCUT2D eigenvalue weighted by atomic mass is 9.98. The first-order valence-corrected chi connectivity index (χ1v) is 15.6. The first-order valence-electron chi connectivity index (χ1n) is 15.6. The number of amides is 5. The molecule has 1 saturated heterocycles. The molecule has 1 aromatic carbocycles. The summed E-state index contributed by atoms with van der Waals surface area (Å²) in [4.78, 5) is 68.1. The highest BCUT2D eigenvalue weighted by Gasteiger charge is 2.35. The van der Waals surface area contributed by atoms with Crippen molar-refractivity contribution in [1.29, 1.82) is 0 Å². The van der Waals surface area contributed by atoms with Gasteiger partial charge in [-0.1, -0.05) is 71.9 Å². The fourth-order valence-corrected chi connectivity index (χ4v) is 5.09. The summed E-state index contributed by atoms with van der Waals surface area (Å²) in [6.07, 6.45) is 2.38. The molecule has 5 atom stereocenters. The van der Waals surface area contributed by atoms with Crippen molar-refractivity contribution in [3.8, 4) is 0 Å². The number of hydrogen-bond acceptors (Lipinski definition) is 6. The fourth-order valence-electron chi connectivity index (χ4n) is 5.09. The molecular formula is C32H52N6O5. The van der Waals surface area contributed by atoms with Crippen LogP contribution in [0.4, 0.5) is 0 Å². The summed E-state index contributed by atoms with van der Waals surface area (Å²) >= 11 is 0. The maximum atomic E-state index is 13.7. The Hall–Kier alpha value is -3.47. The van der Waals surface area contributed by atoms with Crippen LogP contribution in [0.25, 0.3) is 0 Å². The lowest BCUT2D eigenvalue weighted by Crippen LogP contribution is -2.59. The van der Waals surface area contributed by atoms with Crippen molar-refractivity contribution in [2.24, 2.45) is 23.5 Å². The number of benzene rings is 1. The standard InChI is InChI=1S/C32H52N6O5/c1-19(2)16-24-29(40)34-23(14-10-11-15-33)28(39)36-26(18-22-12-8-7-9-13-22)30(41)35-25(17-20(3)4)31(42)38-27(21(5)6)32(43)37-24/h7-9,12-13,19-21,23-27H,10-11,14-18,33H2,1-6H3,(H,34,40)(H,35,41)(H,36,39)(H,37,43)(H,38,42)/t23-,24-,25-,26-,27-/m0/s1. The lowest BCUT2D eigenvalue weighted by molar-refractivity contribution is -0.135. The highest BCUT2D eigenvalue weighted by Crippen LogP contribution is 2.13. The fraction of sp³-hybridized carbons (Fsp3) is 0.656. The average Bonchev–Trinajstić information content (AvgIpc) is 2.93. The molecule has 1 aromatic rings. The molecule has 1 aliphatic heterocycles. The molecule has 1 aliphatic rings. The summed E-state index contributed by atoms with van der Waals surface area (Å²) in [6, 6.07) is 4.50. The Kier molecular flexibility index (Phi) is 14.6. The predicted molar refractivity (Wildman–Crippen MR) is 166 cm³/mol. The molecule has 0 aliphatic carbocycles. The van der Waals surface area contributed by atoms with Crippen LogP contribution < -0.4 is 32.3 Å². The molecule has 0 spiro atoms. The summed E-state index contributed by atoms with van der Waals surface area (Å²) in [5.41, 5.74) is 6.51. The van der Waals surface area contributed by atoms with Crippen LogP contribution >= 0.6 is 0 Å². The van der Waals surface area contributed by atoms with Crippen LogP contribution in [0.1, 0.15) is 79.2 Å². The third-order valence-corrected chi connectivity index (χ3v) is 7.42. The van der Waals surface area contributed by atoms with Gasteiger partial charge in [-0.2, -0.15) is 0 Å². The van der Waals surface area contributed by atoms with Gasteiger partial charge in [0.15, 0.2) is 0 Å². The number of carbonyl (C=O) groups is 5. The minimum absolute atomic E-state index is 0.0517. The van der Waals surface area contributed by atoms with Gasteiger partial charge in [0.1, 0.15) is 30.2 Å². The maximum absolute atomic E-state index is 13.7. The summed E-state index contributed by atoms with van der Waals surface area (Å²) in [5, 5.41) is 14.2. The zero-order chi connectivity index (χ0) is 32.1. The second-order valence-electron chi connectivity index (χ2n) is 12.7. The SMILES string of the molecule is CC(C)C[C@@H]1NC(=O)[C@H](Cc2ccccc2)NC(=O)[C@H](CCCCN)NC(=O)[C@H](CC(C)C)NC(=O)[C@H](C(C)C)NC1=O. The zero-order valence-corrected chi connectivity index (χ0v) is 26.6. The van der Waals surface area contributed by atoms with E-state index in [1.54, 1.807) is 13.8 Å². The Balaban J connectivity index is 2.57. The Labute approximate surface area is 256 Å². The van der Waals surface area contributed by atoms with Gasteiger partial charge in [-0.3, -0.25) is 24.0 Å². The van der Waals surface area contributed by atoms with Crippen LogP contribution in [-0.2, 0) is 30.4 Å². The van der Waals surface area contributed by atoms with Crippen molar-refractivity contribution in [3.63, 3.8) is 0 Å². The number of carbonyl (C=O) groups excluding carboxylic acids is 5. The van der Waals surface area contributed by atoms with E-state index in [9.17, 15) is 24.0 Å². The van der Waals surface area contributed by atoms with Crippen molar-refractivity contribution < 1.29 is 24.0 Å². The smallest absolute Gasteiger partial charge is 0.243 e. The van der Waals surface area contributed by atoms with Crippen LogP contribution in [0.5, 0.6) is 0 Å². The van der Waals surface area contributed by atoms with Crippen LogP contribution in [0.2, 0.25) is 0 Å². The van der Waals surface area contributed by atoms with E-state index in [4.69, 9.17) is 5.73 Å². The third kappa shape index (κ3) is 12.0. The zero-order valence-electron chi connectivity index (χ0n) is 26.6. The number of nitrogens with one attached hydrogen (secondary N) is 5. The molecule has 0 bridgehead atoms. The van der Waals surface area contributed by atoms with Crippen LogP contribution in [0.3, 0.4) is 0 Å². The van der Waals surface area contributed by atoms with E-state index in [1.165, 1.54) is 0 Å². The quantitative estimate of drug-likeness (QED) is 0.210. The Bertz CT molecular complexity index is 1080. The molecule has 11 nitrogen and oxygen atoms in total. The van der Waals surface area contributed by atoms with Crippen molar-refractivity contribution >= 4 is 29.5 Å². The van der Waals surface area contributed by atoms with Crippen LogP contribution in [0, 0.1) is 17.8 Å². The van der Waals surface area contributed by atoms with Crippen molar-refractivity contribution in [3.05, 3.63) is 35.9 Å². The number of rotatable bonds is 11. The van der Waals surface area contributed by atoms with Gasteiger partial charge in [0.25, 0.3) is 0 Å². The Morgan fingerprint density at radius 3 is 1.60 bits per heavy atom. The molecule has 0 saturated carbocycles. The molecule has 1 fully saturated rings. The number of unbranched alkanes of at least 4 members (excludes halogenated alkanes) is 1. The summed E-state index contributed by atoms with van der Waals surface area (Å²) in [7, 11) is 0. The Morgan fingerprint density at radius 2 is 1.07 bits per heavy atom. The summed E-state index contributed by atoms with van der Waals surface area (Å²) in [6.45, 7) is 11.8. The highest BCUT2D eigenvalue weighted by atomic mass is 16.2. The first-order chi connectivity index (χ1) is 20.3. The molecular weight excluding hydrogens is 548 g/mol. The molecule has 240 valence electrons. The number of nitrogens with two attached hydrogens (primary N) is 1. The number of hydrogen-bond donors (Lipinski definition) is 6. The van der Waals surface area contributed by atoms with Gasteiger partial charge in [-0.25, -0.2) is 0 Å². The normalized spacial score (nSPS) is 24.5. The van der Waals surface area contributed by atoms with Gasteiger partial charge in [-0.15, -0.1) is 0 Å². The molecule has 2 rings (SSSR count). The second kappa shape index (κ2) is 17.6. The van der Waals surface area contributed by atoms with Gasteiger partial charge in [-0.05, 0) is 62.0 Å². The molecule has 1 heterocycles. The van der Waals surface area contributed by atoms with E-state index in [0.29, 0.717) is 38.6 Å². The monoisotopic (exact) mass is 600 g/mol. The van der Waals surface area contributed by atoms with E-state index in [1.807, 2.05) is 58.0 Å². The molecule has 5 amide bonds. The van der Waals surface area contributed by atoms with Gasteiger partial charge in [0, 0.05) is 6.42 Å². The molecule has 11 heteroatoms. The third-order valence-electron chi connectivity index (χ3n) is 7.42. The maximum Gasteiger partial charge on any atom is 0.243 e. The molecule has 0 aromatic heterocycles. The van der Waals surface area contributed by atoms with Crippen molar-refractivity contribution in [1.82, 2.24) is 26.6 Å². The van der Waals surface area contributed by atoms with Gasteiger partial charge < -0.3 is 32.3 Å². The highest BCUT2D eigenvalue weighted by molar-refractivity contribution is 5.98. The van der Waals surface area contributed by atoms with E-state index >= 15 is 0 Å². The van der Waals surface area contributed by atoms with Gasteiger partial charge >= 0.3 is 0 Å². The minimum Gasteiger partial charge on any atom is -0.343 e. The summed E-state index contributed by atoms with van der Waals surface area (Å²) < 4.78 is 0. The second-order valence-corrected chi connectivity index (χ2v) is 12.7. The van der Waals surface area contributed by atoms with Crippen molar-refractivity contribution in [2.45, 2.75) is 110 Å². The average molecular weight is 601 g/mol. The predicted octanol–water partition coefficient (Wildman–Crippen LogP) is 1.54. The summed E-state index contributed by atoms with van der Waals surface area (Å²) in [5.74, 6) is -2.73. The molecule has 0 radical (unpaired) electrons. The van der Waals surface area contributed by atoms with Gasteiger partial charge in [0.05, 0.1) is 0 Å².